The molecule has 148 valence electrons. The van der Waals surface area contributed by atoms with Crippen LogP contribution in [0.3, 0.4) is 0 Å². The fraction of sp³-hybridized carbons (Fsp3) is 0.450. The number of halogens is 1. The number of nitrogens with one attached hydrogen (secondary N) is 1. The molecule has 2 atom stereocenters. The SMILES string of the molecule is Cc1c(Cl)cccc1NC1(CCOCCOCCN)C=CC=CC1C(N)=O. The van der Waals surface area contributed by atoms with E-state index in [-0.39, 0.29) is 0 Å². The summed E-state index contributed by atoms with van der Waals surface area (Å²) in [5.74, 6) is -0.896. The first-order valence-electron chi connectivity index (χ1n) is 9.04. The lowest BCUT2D eigenvalue weighted by molar-refractivity contribution is -0.121. The summed E-state index contributed by atoms with van der Waals surface area (Å²) in [6, 6.07) is 5.65. The van der Waals surface area contributed by atoms with Crippen molar-refractivity contribution in [2.75, 3.05) is 38.3 Å². The second-order valence-corrected chi connectivity index (χ2v) is 6.87. The summed E-state index contributed by atoms with van der Waals surface area (Å²) < 4.78 is 11.0. The lowest BCUT2D eigenvalue weighted by Gasteiger charge is -2.39. The van der Waals surface area contributed by atoms with Crippen LogP contribution in [0.1, 0.15) is 12.0 Å². The summed E-state index contributed by atoms with van der Waals surface area (Å²) >= 11 is 6.25. The largest absolute Gasteiger partial charge is 0.379 e. The first-order chi connectivity index (χ1) is 13.0. The van der Waals surface area contributed by atoms with Crippen LogP contribution in [0, 0.1) is 12.8 Å². The Balaban J connectivity index is 2.12. The lowest BCUT2D eigenvalue weighted by Crippen LogP contribution is -2.50. The van der Waals surface area contributed by atoms with Crippen molar-refractivity contribution in [3.05, 3.63) is 53.1 Å². The standard InChI is InChI=1S/C20H28ClN3O3/c1-15-17(21)6-4-7-18(15)24-20(8-3-2-5-16(20)19(23)25)9-11-26-13-14-27-12-10-22/h2-8,16,24H,9-14,22H2,1H3,(H2,23,25). The van der Waals surface area contributed by atoms with E-state index in [1.807, 2.05) is 49.4 Å². The van der Waals surface area contributed by atoms with Crippen molar-refractivity contribution in [2.24, 2.45) is 17.4 Å². The Morgan fingerprint density at radius 3 is 2.67 bits per heavy atom. The Morgan fingerprint density at radius 1 is 1.22 bits per heavy atom. The van der Waals surface area contributed by atoms with Crippen molar-refractivity contribution in [1.82, 2.24) is 0 Å². The van der Waals surface area contributed by atoms with Gasteiger partial charge in [0, 0.05) is 23.9 Å². The summed E-state index contributed by atoms with van der Waals surface area (Å²) in [7, 11) is 0. The molecule has 2 unspecified atom stereocenters. The van der Waals surface area contributed by atoms with Gasteiger partial charge < -0.3 is 26.3 Å². The van der Waals surface area contributed by atoms with Crippen LogP contribution >= 0.6 is 11.6 Å². The summed E-state index contributed by atoms with van der Waals surface area (Å²) in [4.78, 5) is 12.1. The van der Waals surface area contributed by atoms with E-state index >= 15 is 0 Å². The Labute approximate surface area is 165 Å². The van der Waals surface area contributed by atoms with Gasteiger partial charge in [-0.1, -0.05) is 42.0 Å². The number of hydrogen-bond donors (Lipinski definition) is 3. The molecule has 2 rings (SSSR count). The van der Waals surface area contributed by atoms with Gasteiger partial charge in [-0.2, -0.15) is 0 Å². The number of carbonyl (C=O) groups is 1. The van der Waals surface area contributed by atoms with Gasteiger partial charge in [-0.25, -0.2) is 0 Å². The highest BCUT2D eigenvalue weighted by molar-refractivity contribution is 6.31. The number of primary amides is 1. The van der Waals surface area contributed by atoms with Crippen LogP contribution in [-0.4, -0.2) is 44.4 Å². The fourth-order valence-electron chi connectivity index (χ4n) is 3.09. The molecule has 1 aromatic rings. The van der Waals surface area contributed by atoms with Crippen LogP contribution in [-0.2, 0) is 14.3 Å². The van der Waals surface area contributed by atoms with E-state index < -0.39 is 17.4 Å². The van der Waals surface area contributed by atoms with Gasteiger partial charge in [0.15, 0.2) is 0 Å². The Morgan fingerprint density at radius 2 is 1.96 bits per heavy atom. The molecule has 0 saturated carbocycles. The molecule has 1 aromatic carbocycles. The van der Waals surface area contributed by atoms with Crippen LogP contribution in [0.15, 0.2) is 42.5 Å². The van der Waals surface area contributed by atoms with Crippen LogP contribution in [0.2, 0.25) is 5.02 Å². The van der Waals surface area contributed by atoms with E-state index in [0.717, 1.165) is 11.3 Å². The molecule has 5 N–H and O–H groups in total. The maximum atomic E-state index is 12.1. The van der Waals surface area contributed by atoms with Crippen molar-refractivity contribution in [1.29, 1.82) is 0 Å². The third kappa shape index (κ3) is 5.81. The van der Waals surface area contributed by atoms with Gasteiger partial charge in [0.1, 0.15) is 0 Å². The summed E-state index contributed by atoms with van der Waals surface area (Å²) in [5, 5.41) is 4.16. The van der Waals surface area contributed by atoms with Crippen LogP contribution in [0.5, 0.6) is 0 Å². The van der Waals surface area contributed by atoms with E-state index in [9.17, 15) is 4.79 Å². The number of ether oxygens (including phenoxy) is 2. The van der Waals surface area contributed by atoms with Crippen molar-refractivity contribution >= 4 is 23.2 Å². The molecule has 0 aromatic heterocycles. The number of anilines is 1. The Bertz CT molecular complexity index is 693. The minimum atomic E-state index is -0.686. The van der Waals surface area contributed by atoms with Crippen molar-refractivity contribution < 1.29 is 14.3 Å². The average molecular weight is 394 g/mol. The quantitative estimate of drug-likeness (QED) is 0.501. The Hall–Kier alpha value is -1.86. The zero-order chi connectivity index (χ0) is 19.7. The van der Waals surface area contributed by atoms with Gasteiger partial charge in [0.05, 0.1) is 31.3 Å². The summed E-state index contributed by atoms with van der Waals surface area (Å²) in [5.41, 5.74) is 12.2. The predicted molar refractivity (Wildman–Crippen MR) is 109 cm³/mol. The highest BCUT2D eigenvalue weighted by Gasteiger charge is 2.40. The highest BCUT2D eigenvalue weighted by atomic mass is 35.5. The topological polar surface area (TPSA) is 99.6 Å². The molecule has 27 heavy (non-hydrogen) atoms. The molecular formula is C20H28ClN3O3. The molecular weight excluding hydrogens is 366 g/mol. The number of carbonyl (C=O) groups excluding carboxylic acids is 1. The predicted octanol–water partition coefficient (Wildman–Crippen LogP) is 2.41. The molecule has 0 heterocycles. The van der Waals surface area contributed by atoms with Gasteiger partial charge in [-0.05, 0) is 31.0 Å². The molecule has 0 aliphatic heterocycles. The number of hydrogen-bond acceptors (Lipinski definition) is 5. The minimum Gasteiger partial charge on any atom is -0.379 e. The number of rotatable bonds is 11. The van der Waals surface area contributed by atoms with Crippen LogP contribution in [0.25, 0.3) is 0 Å². The third-order valence-corrected chi connectivity index (χ3v) is 5.01. The lowest BCUT2D eigenvalue weighted by atomic mass is 9.77. The third-order valence-electron chi connectivity index (χ3n) is 4.60. The number of nitrogens with two attached hydrogens (primary N) is 2. The molecule has 0 fully saturated rings. The van der Waals surface area contributed by atoms with Crippen LogP contribution in [0.4, 0.5) is 5.69 Å². The van der Waals surface area contributed by atoms with Crippen LogP contribution < -0.4 is 16.8 Å². The van der Waals surface area contributed by atoms with Gasteiger partial charge in [0.2, 0.25) is 5.91 Å². The van der Waals surface area contributed by atoms with E-state index in [1.54, 1.807) is 0 Å². The zero-order valence-electron chi connectivity index (χ0n) is 15.6. The van der Waals surface area contributed by atoms with E-state index in [2.05, 4.69) is 5.32 Å². The normalized spacial score (nSPS) is 21.4. The molecule has 0 bridgehead atoms. The molecule has 6 nitrogen and oxygen atoms in total. The van der Waals surface area contributed by atoms with Crippen molar-refractivity contribution in [2.45, 2.75) is 18.9 Å². The summed E-state index contributed by atoms with van der Waals surface area (Å²) in [6.45, 7) is 4.34. The maximum absolute atomic E-state index is 12.1. The van der Waals surface area contributed by atoms with Crippen molar-refractivity contribution in [3.8, 4) is 0 Å². The molecule has 0 saturated heterocycles. The first-order valence-corrected chi connectivity index (χ1v) is 9.42. The second kappa shape index (κ2) is 10.5. The molecule has 7 heteroatoms. The van der Waals surface area contributed by atoms with Gasteiger partial charge >= 0.3 is 0 Å². The van der Waals surface area contributed by atoms with Gasteiger partial charge in [-0.15, -0.1) is 0 Å². The smallest absolute Gasteiger partial charge is 0.227 e. The van der Waals surface area contributed by atoms with E-state index in [0.29, 0.717) is 44.4 Å². The fourth-order valence-corrected chi connectivity index (χ4v) is 3.26. The summed E-state index contributed by atoms with van der Waals surface area (Å²) in [6.07, 6.45) is 8.10. The minimum absolute atomic E-state index is 0.394. The average Bonchev–Trinajstić information content (AvgIpc) is 2.65. The molecule has 0 radical (unpaired) electrons. The maximum Gasteiger partial charge on any atom is 0.227 e. The molecule has 1 amide bonds. The number of benzene rings is 1. The molecule has 1 aliphatic rings. The first kappa shape index (κ1) is 21.4. The number of amides is 1. The molecule has 1 aliphatic carbocycles. The van der Waals surface area contributed by atoms with E-state index in [1.165, 1.54) is 0 Å². The molecule has 0 spiro atoms. The Kier molecular flexibility index (Phi) is 8.31. The highest BCUT2D eigenvalue weighted by Crippen LogP contribution is 2.34. The second-order valence-electron chi connectivity index (χ2n) is 6.47. The number of allylic oxidation sites excluding steroid dienone is 2. The zero-order valence-corrected chi connectivity index (χ0v) is 16.4. The van der Waals surface area contributed by atoms with Gasteiger partial charge in [-0.3, -0.25) is 4.79 Å². The van der Waals surface area contributed by atoms with Crippen molar-refractivity contribution in [3.63, 3.8) is 0 Å². The van der Waals surface area contributed by atoms with E-state index in [4.69, 9.17) is 32.5 Å². The monoisotopic (exact) mass is 393 g/mol. The van der Waals surface area contributed by atoms with Gasteiger partial charge in [0.25, 0.3) is 0 Å².